The first-order valence-corrected chi connectivity index (χ1v) is 9.72. The van der Waals surface area contributed by atoms with Gasteiger partial charge in [0.05, 0.1) is 6.54 Å². The number of nitrogens with zero attached hydrogens (tertiary/aromatic N) is 1. The summed E-state index contributed by atoms with van der Waals surface area (Å²) in [5, 5.41) is 4.44. The minimum Gasteiger partial charge on any atom is -0.351 e. The van der Waals surface area contributed by atoms with Crippen LogP contribution in [0.2, 0.25) is 0 Å². The molecule has 0 aliphatic carbocycles. The van der Waals surface area contributed by atoms with Gasteiger partial charge in [-0.25, -0.2) is 8.42 Å². The van der Waals surface area contributed by atoms with E-state index in [4.69, 9.17) is 0 Å². The standard InChI is InChI=1S/C17H20N2O3S2/c1-3-10-19(24(21,22)17-5-4-11-23-17)13-16(20)18-12-15-8-6-14(2)7-9-15/h3-9,11H,1,10,12-13H2,2H3,(H,18,20). The second-order valence-electron chi connectivity index (χ2n) is 5.28. The summed E-state index contributed by atoms with van der Waals surface area (Å²) in [4.78, 5) is 12.1. The summed E-state index contributed by atoms with van der Waals surface area (Å²) in [5.41, 5.74) is 2.11. The van der Waals surface area contributed by atoms with Gasteiger partial charge in [0.2, 0.25) is 5.91 Å². The minimum atomic E-state index is -3.68. The summed E-state index contributed by atoms with van der Waals surface area (Å²) in [6, 6.07) is 11.0. The predicted octanol–water partition coefficient (Wildman–Crippen LogP) is 2.55. The van der Waals surface area contributed by atoms with E-state index in [0.717, 1.165) is 26.8 Å². The van der Waals surface area contributed by atoms with Crippen LogP contribution in [0.1, 0.15) is 11.1 Å². The number of rotatable bonds is 8. The van der Waals surface area contributed by atoms with Gasteiger partial charge in [0, 0.05) is 13.1 Å². The van der Waals surface area contributed by atoms with Crippen molar-refractivity contribution in [2.45, 2.75) is 17.7 Å². The van der Waals surface area contributed by atoms with Gasteiger partial charge in [0.15, 0.2) is 0 Å². The molecule has 1 aromatic heterocycles. The Bertz CT molecular complexity index is 782. The summed E-state index contributed by atoms with van der Waals surface area (Å²) < 4.78 is 26.4. The third kappa shape index (κ3) is 4.77. The first kappa shape index (κ1) is 18.4. The van der Waals surface area contributed by atoms with Crippen molar-refractivity contribution in [2.24, 2.45) is 0 Å². The Morgan fingerprint density at radius 2 is 2.00 bits per heavy atom. The molecule has 1 N–H and O–H groups in total. The van der Waals surface area contributed by atoms with Gasteiger partial charge in [-0.3, -0.25) is 4.79 Å². The number of carbonyl (C=O) groups excluding carboxylic acids is 1. The number of aryl methyl sites for hydroxylation is 1. The molecule has 7 heteroatoms. The van der Waals surface area contributed by atoms with Gasteiger partial charge in [-0.15, -0.1) is 17.9 Å². The quantitative estimate of drug-likeness (QED) is 0.732. The Hall–Kier alpha value is -1.96. The molecule has 0 saturated carbocycles. The highest BCUT2D eigenvalue weighted by molar-refractivity contribution is 7.91. The lowest BCUT2D eigenvalue weighted by Gasteiger charge is -2.19. The Kier molecular flexibility index (Phi) is 6.30. The zero-order chi connectivity index (χ0) is 17.6. The number of thiophene rings is 1. The number of nitrogens with one attached hydrogen (secondary N) is 1. The van der Waals surface area contributed by atoms with Crippen LogP contribution in [0, 0.1) is 6.92 Å². The molecule has 0 fully saturated rings. The first-order chi connectivity index (χ1) is 11.4. The Morgan fingerprint density at radius 1 is 1.29 bits per heavy atom. The molecule has 0 saturated heterocycles. The molecule has 1 heterocycles. The van der Waals surface area contributed by atoms with E-state index in [1.54, 1.807) is 11.4 Å². The van der Waals surface area contributed by atoms with Gasteiger partial charge >= 0.3 is 0 Å². The van der Waals surface area contributed by atoms with Crippen LogP contribution in [-0.4, -0.2) is 31.7 Å². The van der Waals surface area contributed by atoms with Crippen LogP contribution in [0.25, 0.3) is 0 Å². The van der Waals surface area contributed by atoms with Crippen LogP contribution in [-0.2, 0) is 21.4 Å². The van der Waals surface area contributed by atoms with Crippen molar-refractivity contribution in [3.8, 4) is 0 Å². The predicted molar refractivity (Wildman–Crippen MR) is 96.3 cm³/mol. The lowest BCUT2D eigenvalue weighted by atomic mass is 10.1. The van der Waals surface area contributed by atoms with E-state index in [1.807, 2.05) is 31.2 Å². The van der Waals surface area contributed by atoms with E-state index in [9.17, 15) is 13.2 Å². The minimum absolute atomic E-state index is 0.0815. The summed E-state index contributed by atoms with van der Waals surface area (Å²) >= 11 is 1.13. The third-order valence-electron chi connectivity index (χ3n) is 3.35. The Morgan fingerprint density at radius 3 is 2.58 bits per heavy atom. The van der Waals surface area contributed by atoms with Crippen LogP contribution in [0.4, 0.5) is 0 Å². The van der Waals surface area contributed by atoms with Crippen molar-refractivity contribution in [2.75, 3.05) is 13.1 Å². The second kappa shape index (κ2) is 8.23. The molecule has 0 aliphatic rings. The molecule has 5 nitrogen and oxygen atoms in total. The number of hydrogen-bond donors (Lipinski definition) is 1. The van der Waals surface area contributed by atoms with Gasteiger partial charge in [0.25, 0.3) is 10.0 Å². The first-order valence-electron chi connectivity index (χ1n) is 7.40. The molecular formula is C17H20N2O3S2. The maximum absolute atomic E-state index is 12.5. The van der Waals surface area contributed by atoms with E-state index in [-0.39, 0.29) is 23.2 Å². The van der Waals surface area contributed by atoms with Gasteiger partial charge in [-0.1, -0.05) is 42.0 Å². The number of hydrogen-bond acceptors (Lipinski definition) is 4. The fourth-order valence-corrected chi connectivity index (χ4v) is 4.56. The lowest BCUT2D eigenvalue weighted by molar-refractivity contribution is -0.121. The molecule has 2 rings (SSSR count). The fourth-order valence-electron chi connectivity index (χ4n) is 2.05. The van der Waals surface area contributed by atoms with E-state index < -0.39 is 10.0 Å². The maximum Gasteiger partial charge on any atom is 0.253 e. The highest BCUT2D eigenvalue weighted by Crippen LogP contribution is 2.20. The van der Waals surface area contributed by atoms with Crippen LogP contribution in [0.5, 0.6) is 0 Å². The summed E-state index contributed by atoms with van der Waals surface area (Å²) in [7, 11) is -3.68. The molecule has 24 heavy (non-hydrogen) atoms. The fraction of sp³-hybridized carbons (Fsp3) is 0.235. The largest absolute Gasteiger partial charge is 0.351 e. The average Bonchev–Trinajstić information content (AvgIpc) is 3.09. The summed E-state index contributed by atoms with van der Waals surface area (Å²) in [6.45, 7) is 5.77. The topological polar surface area (TPSA) is 66.5 Å². The third-order valence-corrected chi connectivity index (χ3v) is 6.54. The van der Waals surface area contributed by atoms with E-state index in [2.05, 4.69) is 11.9 Å². The van der Waals surface area contributed by atoms with Crippen molar-refractivity contribution in [3.05, 3.63) is 65.6 Å². The highest BCUT2D eigenvalue weighted by Gasteiger charge is 2.26. The highest BCUT2D eigenvalue weighted by atomic mass is 32.2. The molecule has 1 amide bonds. The van der Waals surface area contributed by atoms with Crippen molar-refractivity contribution in [1.29, 1.82) is 0 Å². The number of benzene rings is 1. The molecule has 1 aromatic carbocycles. The molecule has 0 atom stereocenters. The zero-order valence-electron chi connectivity index (χ0n) is 13.4. The van der Waals surface area contributed by atoms with Crippen LogP contribution >= 0.6 is 11.3 Å². The van der Waals surface area contributed by atoms with Gasteiger partial charge < -0.3 is 5.32 Å². The van der Waals surface area contributed by atoms with Gasteiger partial charge in [-0.05, 0) is 23.9 Å². The van der Waals surface area contributed by atoms with Gasteiger partial charge in [-0.2, -0.15) is 4.31 Å². The second-order valence-corrected chi connectivity index (χ2v) is 8.39. The summed E-state index contributed by atoms with van der Waals surface area (Å²) in [6.07, 6.45) is 1.47. The zero-order valence-corrected chi connectivity index (χ0v) is 15.1. The van der Waals surface area contributed by atoms with Gasteiger partial charge in [0.1, 0.15) is 4.21 Å². The number of sulfonamides is 1. The number of carbonyl (C=O) groups is 1. The van der Waals surface area contributed by atoms with Crippen molar-refractivity contribution in [3.63, 3.8) is 0 Å². The van der Waals surface area contributed by atoms with Crippen LogP contribution in [0.15, 0.2) is 58.6 Å². The van der Waals surface area contributed by atoms with Crippen LogP contribution < -0.4 is 5.32 Å². The van der Waals surface area contributed by atoms with Crippen molar-refractivity contribution >= 4 is 27.3 Å². The van der Waals surface area contributed by atoms with E-state index in [0.29, 0.717) is 6.54 Å². The molecular weight excluding hydrogens is 344 g/mol. The molecule has 0 unspecified atom stereocenters. The maximum atomic E-state index is 12.5. The molecule has 0 aliphatic heterocycles. The number of amides is 1. The average molecular weight is 364 g/mol. The van der Waals surface area contributed by atoms with E-state index >= 15 is 0 Å². The smallest absolute Gasteiger partial charge is 0.253 e. The molecule has 128 valence electrons. The van der Waals surface area contributed by atoms with E-state index in [1.165, 1.54) is 12.1 Å². The summed E-state index contributed by atoms with van der Waals surface area (Å²) in [5.74, 6) is -0.349. The molecule has 0 radical (unpaired) electrons. The lowest BCUT2D eigenvalue weighted by Crippen LogP contribution is -2.40. The Labute approximate surface area is 146 Å². The molecule has 0 bridgehead atoms. The molecule has 0 spiro atoms. The Balaban J connectivity index is 2.00. The SMILES string of the molecule is C=CCN(CC(=O)NCc1ccc(C)cc1)S(=O)(=O)c1cccs1. The van der Waals surface area contributed by atoms with Crippen LogP contribution in [0.3, 0.4) is 0 Å². The van der Waals surface area contributed by atoms with Crippen molar-refractivity contribution in [1.82, 2.24) is 9.62 Å². The monoisotopic (exact) mass is 364 g/mol. The normalized spacial score (nSPS) is 11.4. The molecule has 2 aromatic rings. The van der Waals surface area contributed by atoms with Crippen molar-refractivity contribution < 1.29 is 13.2 Å².